The highest BCUT2D eigenvalue weighted by Crippen LogP contribution is 2.28. The number of ether oxygens (including phenoxy) is 1. The maximum Gasteiger partial charge on any atom is 0.249 e. The zero-order chi connectivity index (χ0) is 18.9. The minimum atomic E-state index is -0.303. The molecule has 7 nitrogen and oxygen atoms in total. The lowest BCUT2D eigenvalue weighted by atomic mass is 10.0. The molecule has 0 aromatic rings. The van der Waals surface area contributed by atoms with Crippen LogP contribution in [-0.2, 0) is 19.1 Å². The average molecular weight is 365 g/mol. The van der Waals surface area contributed by atoms with E-state index in [0.717, 1.165) is 25.7 Å². The van der Waals surface area contributed by atoms with E-state index in [4.69, 9.17) is 4.74 Å². The number of nitrogens with zero attached hydrogens (tertiary/aromatic N) is 2. The predicted octanol–water partition coefficient (Wildman–Crippen LogP) is 0.920. The summed E-state index contributed by atoms with van der Waals surface area (Å²) >= 11 is 0. The first-order valence-electron chi connectivity index (χ1n) is 9.77. The molecule has 3 amide bonds. The lowest BCUT2D eigenvalue weighted by Gasteiger charge is -2.35. The fourth-order valence-corrected chi connectivity index (χ4v) is 4.10. The van der Waals surface area contributed by atoms with E-state index in [0.29, 0.717) is 32.7 Å². The van der Waals surface area contributed by atoms with Crippen LogP contribution in [0.25, 0.3) is 0 Å². The average Bonchev–Trinajstić information content (AvgIpc) is 3.24. The van der Waals surface area contributed by atoms with Crippen molar-refractivity contribution in [2.24, 2.45) is 5.92 Å². The smallest absolute Gasteiger partial charge is 0.249 e. The molecular weight excluding hydrogens is 334 g/mol. The molecule has 0 spiro atoms. The molecule has 3 aliphatic heterocycles. The summed E-state index contributed by atoms with van der Waals surface area (Å²) in [5.74, 6) is -0.113. The Bertz CT molecular complexity index is 558. The van der Waals surface area contributed by atoms with Crippen molar-refractivity contribution in [1.29, 1.82) is 0 Å². The largest absolute Gasteiger partial charge is 0.368 e. The van der Waals surface area contributed by atoms with Crippen molar-refractivity contribution in [1.82, 2.24) is 15.1 Å². The fourth-order valence-electron chi connectivity index (χ4n) is 4.10. The van der Waals surface area contributed by atoms with Crippen LogP contribution >= 0.6 is 0 Å². The zero-order valence-electron chi connectivity index (χ0n) is 16.1. The molecule has 0 bridgehead atoms. The summed E-state index contributed by atoms with van der Waals surface area (Å²) < 4.78 is 5.42. The Labute approximate surface area is 155 Å². The summed E-state index contributed by atoms with van der Waals surface area (Å²) in [5, 5.41) is 3.06. The third kappa shape index (κ3) is 4.19. The maximum absolute atomic E-state index is 12.8. The molecule has 3 saturated heterocycles. The van der Waals surface area contributed by atoms with E-state index in [9.17, 15) is 14.4 Å². The molecule has 0 aromatic carbocycles. The number of hydrogen-bond donors (Lipinski definition) is 1. The Balaban J connectivity index is 1.46. The van der Waals surface area contributed by atoms with Gasteiger partial charge in [-0.05, 0) is 46.5 Å². The van der Waals surface area contributed by atoms with E-state index in [1.165, 1.54) is 0 Å². The van der Waals surface area contributed by atoms with Gasteiger partial charge in [0.2, 0.25) is 17.7 Å². The number of carbonyl (C=O) groups excluding carboxylic acids is 3. The highest BCUT2D eigenvalue weighted by molar-refractivity contribution is 5.89. The second-order valence-electron chi connectivity index (χ2n) is 8.69. The lowest BCUT2D eigenvalue weighted by molar-refractivity contribution is -0.137. The molecular formula is C19H31N3O4. The van der Waals surface area contributed by atoms with Crippen LogP contribution in [-0.4, -0.2) is 71.4 Å². The summed E-state index contributed by atoms with van der Waals surface area (Å²) in [4.78, 5) is 40.8. The topological polar surface area (TPSA) is 79.0 Å². The van der Waals surface area contributed by atoms with Gasteiger partial charge >= 0.3 is 0 Å². The fraction of sp³-hybridized carbons (Fsp3) is 0.842. The van der Waals surface area contributed by atoms with E-state index in [1.807, 2.05) is 30.6 Å². The van der Waals surface area contributed by atoms with Crippen molar-refractivity contribution in [3.05, 3.63) is 0 Å². The van der Waals surface area contributed by atoms with Crippen molar-refractivity contribution in [3.8, 4) is 0 Å². The van der Waals surface area contributed by atoms with Crippen molar-refractivity contribution >= 4 is 17.7 Å². The number of piperidine rings is 1. The van der Waals surface area contributed by atoms with Crippen molar-refractivity contribution in [3.63, 3.8) is 0 Å². The molecule has 0 saturated carbocycles. The van der Waals surface area contributed by atoms with Crippen LogP contribution in [0.3, 0.4) is 0 Å². The van der Waals surface area contributed by atoms with E-state index in [1.54, 1.807) is 0 Å². The summed E-state index contributed by atoms with van der Waals surface area (Å²) in [6.45, 7) is 8.44. The Morgan fingerprint density at radius 2 is 1.85 bits per heavy atom. The third-order valence-electron chi connectivity index (χ3n) is 5.66. The van der Waals surface area contributed by atoms with Crippen molar-refractivity contribution in [2.45, 2.75) is 70.6 Å². The van der Waals surface area contributed by atoms with E-state index in [-0.39, 0.29) is 41.3 Å². The summed E-state index contributed by atoms with van der Waals surface area (Å²) in [6, 6.07) is 0.104. The highest BCUT2D eigenvalue weighted by atomic mass is 16.5. The maximum atomic E-state index is 12.8. The quantitative estimate of drug-likeness (QED) is 0.807. The third-order valence-corrected chi connectivity index (χ3v) is 5.66. The first kappa shape index (κ1) is 19.1. The Morgan fingerprint density at radius 1 is 1.15 bits per heavy atom. The number of nitrogens with one attached hydrogen (secondary N) is 1. The summed E-state index contributed by atoms with van der Waals surface area (Å²) in [7, 11) is 0. The minimum absolute atomic E-state index is 0.0190. The molecule has 0 aliphatic carbocycles. The predicted molar refractivity (Wildman–Crippen MR) is 96.3 cm³/mol. The second kappa shape index (κ2) is 7.55. The van der Waals surface area contributed by atoms with Crippen LogP contribution < -0.4 is 5.32 Å². The zero-order valence-corrected chi connectivity index (χ0v) is 16.1. The molecule has 7 heteroatoms. The highest BCUT2D eigenvalue weighted by Gasteiger charge is 2.41. The van der Waals surface area contributed by atoms with Crippen LogP contribution in [0.4, 0.5) is 0 Å². The van der Waals surface area contributed by atoms with Crippen LogP contribution in [0.15, 0.2) is 0 Å². The van der Waals surface area contributed by atoms with Gasteiger partial charge in [0, 0.05) is 44.2 Å². The van der Waals surface area contributed by atoms with Gasteiger partial charge in [0.1, 0.15) is 6.10 Å². The molecule has 0 radical (unpaired) electrons. The number of hydrogen-bond acceptors (Lipinski definition) is 4. The number of carbonyl (C=O) groups is 3. The van der Waals surface area contributed by atoms with Gasteiger partial charge in [0.05, 0.1) is 5.92 Å². The molecule has 3 heterocycles. The lowest BCUT2D eigenvalue weighted by Crippen LogP contribution is -2.50. The van der Waals surface area contributed by atoms with Crippen LogP contribution in [0.5, 0.6) is 0 Å². The van der Waals surface area contributed by atoms with E-state index in [2.05, 4.69) is 5.32 Å². The van der Waals surface area contributed by atoms with Gasteiger partial charge in [-0.15, -0.1) is 0 Å². The van der Waals surface area contributed by atoms with Gasteiger partial charge in [0.25, 0.3) is 0 Å². The standard InChI is InChI=1S/C19H31N3O4/c1-19(2,3)22-12-13(11-16(22)23)18(25)21-8-6-14(7-9-21)20-17(24)15-5-4-10-26-15/h13-15H,4-12H2,1-3H3,(H,20,24). The van der Waals surface area contributed by atoms with Crippen molar-refractivity contribution < 1.29 is 19.1 Å². The molecule has 3 aliphatic rings. The van der Waals surface area contributed by atoms with Crippen LogP contribution in [0.1, 0.15) is 52.9 Å². The van der Waals surface area contributed by atoms with Gasteiger partial charge in [-0.3, -0.25) is 14.4 Å². The molecule has 26 heavy (non-hydrogen) atoms. The summed E-state index contributed by atoms with van der Waals surface area (Å²) in [5.41, 5.74) is -0.244. The van der Waals surface area contributed by atoms with Gasteiger partial charge in [-0.25, -0.2) is 0 Å². The first-order valence-corrected chi connectivity index (χ1v) is 9.77. The normalized spacial score (nSPS) is 27.9. The Hall–Kier alpha value is -1.63. The molecule has 3 rings (SSSR count). The van der Waals surface area contributed by atoms with Gasteiger partial charge in [-0.1, -0.05) is 0 Å². The summed E-state index contributed by atoms with van der Waals surface area (Å²) in [6.07, 6.45) is 3.26. The van der Waals surface area contributed by atoms with Gasteiger partial charge in [-0.2, -0.15) is 0 Å². The van der Waals surface area contributed by atoms with Crippen LogP contribution in [0, 0.1) is 5.92 Å². The number of rotatable bonds is 3. The first-order chi connectivity index (χ1) is 12.3. The molecule has 2 unspecified atom stereocenters. The minimum Gasteiger partial charge on any atom is -0.368 e. The molecule has 2 atom stereocenters. The molecule has 1 N–H and O–H groups in total. The second-order valence-corrected chi connectivity index (χ2v) is 8.69. The molecule has 146 valence electrons. The van der Waals surface area contributed by atoms with E-state index >= 15 is 0 Å². The van der Waals surface area contributed by atoms with Crippen molar-refractivity contribution in [2.75, 3.05) is 26.2 Å². The SMILES string of the molecule is CC(C)(C)N1CC(C(=O)N2CCC(NC(=O)C3CCCO3)CC2)CC1=O. The molecule has 3 fully saturated rings. The van der Waals surface area contributed by atoms with Gasteiger partial charge < -0.3 is 19.9 Å². The van der Waals surface area contributed by atoms with Gasteiger partial charge in [0.15, 0.2) is 0 Å². The van der Waals surface area contributed by atoms with Crippen LogP contribution in [0.2, 0.25) is 0 Å². The number of amides is 3. The number of likely N-dealkylation sites (tertiary alicyclic amines) is 2. The van der Waals surface area contributed by atoms with E-state index < -0.39 is 0 Å². The molecule has 0 aromatic heterocycles. The Kier molecular flexibility index (Phi) is 5.55. The monoisotopic (exact) mass is 365 g/mol. The Morgan fingerprint density at radius 3 is 2.38 bits per heavy atom.